The summed E-state index contributed by atoms with van der Waals surface area (Å²) in [6, 6.07) is 25.9. The number of alkyl carbamates (subject to hydrolysis) is 1. The van der Waals surface area contributed by atoms with E-state index in [0.717, 1.165) is 5.56 Å². The van der Waals surface area contributed by atoms with Gasteiger partial charge < -0.3 is 15.2 Å². The van der Waals surface area contributed by atoms with Gasteiger partial charge in [0.05, 0.1) is 12.6 Å². The van der Waals surface area contributed by atoms with Crippen molar-refractivity contribution in [3.8, 4) is 11.1 Å². The molecule has 3 aromatic carbocycles. The Morgan fingerprint density at radius 2 is 1.48 bits per heavy atom. The normalized spacial score (nSPS) is 14.6. The number of carbonyl (C=O) groups excluding carboxylic acids is 1. The first kappa shape index (κ1) is 19.2. The minimum atomic E-state index is -0.506. The number of aliphatic hydroxyl groups excluding tert-OH is 1. The number of benzene rings is 3. The highest BCUT2D eigenvalue weighted by atomic mass is 16.5. The maximum Gasteiger partial charge on any atom is 0.407 e. The molecule has 0 aromatic heterocycles. The summed E-state index contributed by atoms with van der Waals surface area (Å²) in [4.78, 5) is 12.5. The van der Waals surface area contributed by atoms with Gasteiger partial charge in [-0.15, -0.1) is 0 Å². The maximum atomic E-state index is 12.5. The molecule has 0 fully saturated rings. The summed E-state index contributed by atoms with van der Waals surface area (Å²) >= 11 is 0. The minimum Gasteiger partial charge on any atom is -0.449 e. The molecule has 1 aliphatic rings. The molecule has 0 saturated carbocycles. The van der Waals surface area contributed by atoms with Crippen molar-refractivity contribution in [1.82, 2.24) is 5.32 Å². The van der Waals surface area contributed by atoms with Gasteiger partial charge in [0.2, 0.25) is 0 Å². The fourth-order valence-corrected chi connectivity index (χ4v) is 4.11. The number of hydrogen-bond donors (Lipinski definition) is 2. The Balaban J connectivity index is 1.43. The average molecular weight is 387 g/mol. The van der Waals surface area contributed by atoms with Crippen LogP contribution in [0.4, 0.5) is 4.79 Å². The Morgan fingerprint density at radius 3 is 2.07 bits per heavy atom. The van der Waals surface area contributed by atoms with Crippen molar-refractivity contribution in [1.29, 1.82) is 0 Å². The number of aliphatic hydroxyl groups is 1. The average Bonchev–Trinajstić information content (AvgIpc) is 3.10. The van der Waals surface area contributed by atoms with Crippen molar-refractivity contribution in [2.24, 2.45) is 0 Å². The number of ether oxygens (including phenoxy) is 1. The maximum absolute atomic E-state index is 12.5. The van der Waals surface area contributed by atoms with Crippen LogP contribution in [0.15, 0.2) is 78.9 Å². The highest BCUT2D eigenvalue weighted by Gasteiger charge is 2.29. The van der Waals surface area contributed by atoms with Gasteiger partial charge in [-0.3, -0.25) is 0 Å². The lowest BCUT2D eigenvalue weighted by Gasteiger charge is -2.24. The van der Waals surface area contributed by atoms with Gasteiger partial charge >= 0.3 is 6.09 Å². The van der Waals surface area contributed by atoms with Gasteiger partial charge in [-0.1, -0.05) is 85.8 Å². The molecule has 0 radical (unpaired) electrons. The van der Waals surface area contributed by atoms with Crippen LogP contribution in [-0.2, 0) is 4.74 Å². The van der Waals surface area contributed by atoms with E-state index in [1.165, 1.54) is 22.3 Å². The van der Waals surface area contributed by atoms with Crippen molar-refractivity contribution in [2.45, 2.75) is 24.8 Å². The van der Waals surface area contributed by atoms with Gasteiger partial charge in [0.25, 0.3) is 0 Å². The SMILES string of the molecule is CC(c1ccccc1)C(CO)NC(=O)OCC1c2ccccc2-c2ccccc21. The molecule has 148 valence electrons. The predicted octanol–water partition coefficient (Wildman–Crippen LogP) is 4.69. The number of nitrogens with one attached hydrogen (secondary N) is 1. The standard InChI is InChI=1S/C25H25NO3/c1-17(18-9-3-2-4-10-18)24(15-27)26-25(28)29-16-23-21-13-7-5-11-19(21)20-12-6-8-14-22(20)23/h2-14,17,23-24,27H,15-16H2,1H3,(H,26,28). The van der Waals surface area contributed by atoms with E-state index in [0.29, 0.717) is 0 Å². The predicted molar refractivity (Wildman–Crippen MR) is 114 cm³/mol. The van der Waals surface area contributed by atoms with Crippen molar-refractivity contribution >= 4 is 6.09 Å². The minimum absolute atomic E-state index is 0.0206. The first-order valence-corrected chi connectivity index (χ1v) is 9.96. The summed E-state index contributed by atoms with van der Waals surface area (Å²) in [6.45, 7) is 2.10. The van der Waals surface area contributed by atoms with Crippen LogP contribution in [0.5, 0.6) is 0 Å². The summed E-state index contributed by atoms with van der Waals surface area (Å²) < 4.78 is 5.60. The van der Waals surface area contributed by atoms with E-state index in [9.17, 15) is 9.90 Å². The molecular weight excluding hydrogens is 362 g/mol. The monoisotopic (exact) mass is 387 g/mol. The summed E-state index contributed by atoms with van der Waals surface area (Å²) in [5.41, 5.74) is 5.81. The van der Waals surface area contributed by atoms with E-state index in [4.69, 9.17) is 4.74 Å². The second-order valence-electron chi connectivity index (χ2n) is 7.46. The molecular formula is C25H25NO3. The lowest BCUT2D eigenvalue weighted by atomic mass is 9.94. The lowest BCUT2D eigenvalue weighted by molar-refractivity contribution is 0.129. The van der Waals surface area contributed by atoms with Gasteiger partial charge in [0.15, 0.2) is 0 Å². The quantitative estimate of drug-likeness (QED) is 0.645. The van der Waals surface area contributed by atoms with Crippen LogP contribution in [0, 0.1) is 0 Å². The molecule has 0 bridgehead atoms. The number of hydrogen-bond acceptors (Lipinski definition) is 3. The molecule has 4 rings (SSSR count). The highest BCUT2D eigenvalue weighted by molar-refractivity contribution is 5.79. The van der Waals surface area contributed by atoms with E-state index >= 15 is 0 Å². The molecule has 0 heterocycles. The number of amides is 1. The molecule has 2 atom stereocenters. The molecule has 29 heavy (non-hydrogen) atoms. The molecule has 0 aliphatic heterocycles. The topological polar surface area (TPSA) is 58.6 Å². The third-order valence-corrected chi connectivity index (χ3v) is 5.77. The molecule has 0 saturated heterocycles. The summed E-state index contributed by atoms with van der Waals surface area (Å²) in [6.07, 6.45) is -0.506. The van der Waals surface area contributed by atoms with Crippen LogP contribution in [0.1, 0.15) is 35.4 Å². The van der Waals surface area contributed by atoms with Crippen LogP contribution in [-0.4, -0.2) is 30.5 Å². The smallest absolute Gasteiger partial charge is 0.407 e. The van der Waals surface area contributed by atoms with Crippen molar-refractivity contribution in [3.63, 3.8) is 0 Å². The van der Waals surface area contributed by atoms with Crippen molar-refractivity contribution in [3.05, 3.63) is 95.6 Å². The molecule has 1 amide bonds. The van der Waals surface area contributed by atoms with Crippen molar-refractivity contribution in [2.75, 3.05) is 13.2 Å². The lowest BCUT2D eigenvalue weighted by Crippen LogP contribution is -2.41. The van der Waals surface area contributed by atoms with Crippen LogP contribution < -0.4 is 5.32 Å². The third kappa shape index (κ3) is 3.89. The van der Waals surface area contributed by atoms with Crippen LogP contribution >= 0.6 is 0 Å². The Labute approximate surface area is 171 Å². The van der Waals surface area contributed by atoms with Crippen LogP contribution in [0.25, 0.3) is 11.1 Å². The second-order valence-corrected chi connectivity index (χ2v) is 7.46. The van der Waals surface area contributed by atoms with E-state index in [1.54, 1.807) is 0 Å². The van der Waals surface area contributed by atoms with E-state index in [2.05, 4.69) is 29.6 Å². The first-order valence-electron chi connectivity index (χ1n) is 9.96. The van der Waals surface area contributed by atoms with Gasteiger partial charge in [-0.2, -0.15) is 0 Å². The number of rotatable bonds is 6. The molecule has 4 nitrogen and oxygen atoms in total. The number of carbonyl (C=O) groups is 1. The third-order valence-electron chi connectivity index (χ3n) is 5.77. The largest absolute Gasteiger partial charge is 0.449 e. The summed E-state index contributed by atoms with van der Waals surface area (Å²) in [5.74, 6) is -0.00560. The summed E-state index contributed by atoms with van der Waals surface area (Å²) in [5, 5.41) is 12.6. The van der Waals surface area contributed by atoms with Crippen LogP contribution in [0.3, 0.4) is 0 Å². The van der Waals surface area contributed by atoms with Crippen LogP contribution in [0.2, 0.25) is 0 Å². The van der Waals surface area contributed by atoms with E-state index in [1.807, 2.05) is 61.5 Å². The summed E-state index contributed by atoms with van der Waals surface area (Å²) in [7, 11) is 0. The fourth-order valence-electron chi connectivity index (χ4n) is 4.11. The Morgan fingerprint density at radius 1 is 0.931 bits per heavy atom. The van der Waals surface area contributed by atoms with Crippen molar-refractivity contribution < 1.29 is 14.6 Å². The Kier molecular flexibility index (Phi) is 5.63. The molecule has 2 N–H and O–H groups in total. The number of fused-ring (bicyclic) bond motifs is 3. The highest BCUT2D eigenvalue weighted by Crippen LogP contribution is 2.44. The molecule has 4 heteroatoms. The van der Waals surface area contributed by atoms with E-state index < -0.39 is 12.1 Å². The van der Waals surface area contributed by atoms with E-state index in [-0.39, 0.29) is 25.0 Å². The fraction of sp³-hybridized carbons (Fsp3) is 0.240. The zero-order valence-electron chi connectivity index (χ0n) is 16.4. The van der Waals surface area contributed by atoms with Gasteiger partial charge in [0, 0.05) is 11.8 Å². The molecule has 3 aromatic rings. The Bertz CT molecular complexity index is 941. The molecule has 0 spiro atoms. The van der Waals surface area contributed by atoms with Gasteiger partial charge in [0.1, 0.15) is 6.61 Å². The first-order chi connectivity index (χ1) is 14.2. The second kappa shape index (κ2) is 8.50. The zero-order valence-corrected chi connectivity index (χ0v) is 16.4. The molecule has 1 aliphatic carbocycles. The van der Waals surface area contributed by atoms with Gasteiger partial charge in [-0.05, 0) is 27.8 Å². The zero-order chi connectivity index (χ0) is 20.2. The Hall–Kier alpha value is -3.11. The van der Waals surface area contributed by atoms with Gasteiger partial charge in [-0.25, -0.2) is 4.79 Å². The molecule has 2 unspecified atom stereocenters.